The first-order valence-corrected chi connectivity index (χ1v) is 18.5. The molecule has 0 aliphatic heterocycles. The summed E-state index contributed by atoms with van der Waals surface area (Å²) in [4.78, 5) is 0. The molecule has 2 aliphatic carbocycles. The SMILES string of the molecule is Cc1cc(C2=C([Si](C)(C)C3=C(c4cc(C)cc5ccccc45)Cc4ccccc43)c3ccccc3C2)c2ccccc2c1. The van der Waals surface area contributed by atoms with Crippen LogP contribution < -0.4 is 0 Å². The van der Waals surface area contributed by atoms with Gasteiger partial charge in [0.1, 0.15) is 8.07 Å². The normalized spacial score (nSPS) is 14.6. The Morgan fingerprint density at radius 3 is 1.30 bits per heavy atom. The molecule has 0 aromatic heterocycles. The van der Waals surface area contributed by atoms with Gasteiger partial charge in [-0.3, -0.25) is 0 Å². The van der Waals surface area contributed by atoms with E-state index in [9.17, 15) is 0 Å². The van der Waals surface area contributed by atoms with Gasteiger partial charge in [0.2, 0.25) is 0 Å². The number of benzene rings is 6. The minimum Gasteiger partial charge on any atom is -0.0619 e. The van der Waals surface area contributed by atoms with Crippen LogP contribution in [0.3, 0.4) is 0 Å². The molecule has 8 rings (SSSR count). The highest BCUT2D eigenvalue weighted by molar-refractivity contribution is 7.10. The van der Waals surface area contributed by atoms with E-state index < -0.39 is 8.07 Å². The van der Waals surface area contributed by atoms with E-state index >= 15 is 0 Å². The molecule has 0 N–H and O–H groups in total. The monoisotopic (exact) mass is 568 g/mol. The number of aryl methyl sites for hydroxylation is 2. The summed E-state index contributed by atoms with van der Waals surface area (Å²) in [7, 11) is -2.28. The zero-order chi connectivity index (χ0) is 29.3. The van der Waals surface area contributed by atoms with Crippen molar-refractivity contribution < 1.29 is 0 Å². The smallest absolute Gasteiger partial charge is 0.0619 e. The quantitative estimate of drug-likeness (QED) is 0.186. The van der Waals surface area contributed by atoms with Gasteiger partial charge in [0.25, 0.3) is 0 Å². The van der Waals surface area contributed by atoms with Crippen molar-refractivity contribution in [2.75, 3.05) is 0 Å². The molecule has 0 spiro atoms. The van der Waals surface area contributed by atoms with E-state index in [0.717, 1.165) is 12.8 Å². The highest BCUT2D eigenvalue weighted by atomic mass is 28.3. The summed E-state index contributed by atoms with van der Waals surface area (Å²) >= 11 is 0. The Labute approximate surface area is 256 Å². The minimum atomic E-state index is -2.28. The van der Waals surface area contributed by atoms with Crippen molar-refractivity contribution in [3.05, 3.63) is 166 Å². The average molecular weight is 569 g/mol. The predicted molar refractivity (Wildman–Crippen MR) is 189 cm³/mol. The van der Waals surface area contributed by atoms with Crippen LogP contribution in [0.2, 0.25) is 13.1 Å². The van der Waals surface area contributed by atoms with E-state index in [1.54, 1.807) is 10.4 Å². The average Bonchev–Trinajstić information content (AvgIpc) is 3.60. The summed E-state index contributed by atoms with van der Waals surface area (Å²) in [6, 6.07) is 45.9. The van der Waals surface area contributed by atoms with Crippen LogP contribution in [-0.2, 0) is 12.8 Å². The Morgan fingerprint density at radius 1 is 0.442 bits per heavy atom. The van der Waals surface area contributed by atoms with Crippen LogP contribution in [0.1, 0.15) is 44.5 Å². The molecule has 2 aliphatic rings. The number of allylic oxidation sites excluding steroid dienone is 2. The summed E-state index contributed by atoms with van der Waals surface area (Å²) in [5.74, 6) is 0. The molecule has 0 unspecified atom stereocenters. The van der Waals surface area contributed by atoms with E-state index in [4.69, 9.17) is 0 Å². The highest BCUT2D eigenvalue weighted by Crippen LogP contribution is 2.53. The summed E-state index contributed by atoms with van der Waals surface area (Å²) in [6.45, 7) is 9.74. The second-order valence-electron chi connectivity index (χ2n) is 13.1. The van der Waals surface area contributed by atoms with Crippen LogP contribution in [-0.4, -0.2) is 8.07 Å². The van der Waals surface area contributed by atoms with E-state index in [1.165, 1.54) is 77.2 Å². The largest absolute Gasteiger partial charge is 0.114 e. The molecular formula is C42H36Si. The van der Waals surface area contributed by atoms with Crippen LogP contribution in [0.5, 0.6) is 0 Å². The maximum Gasteiger partial charge on any atom is 0.114 e. The summed E-state index contributed by atoms with van der Waals surface area (Å²) < 4.78 is 0. The number of hydrogen-bond donors (Lipinski definition) is 0. The molecule has 6 aromatic carbocycles. The minimum absolute atomic E-state index is 0.993. The molecule has 0 fully saturated rings. The fraction of sp³-hybridized carbons (Fsp3) is 0.143. The lowest BCUT2D eigenvalue weighted by Gasteiger charge is -2.31. The Hall–Kier alpha value is -4.46. The van der Waals surface area contributed by atoms with Gasteiger partial charge in [0.05, 0.1) is 0 Å². The molecule has 208 valence electrons. The predicted octanol–water partition coefficient (Wildman–Crippen LogP) is 11.0. The number of rotatable bonds is 4. The molecule has 0 bridgehead atoms. The first-order valence-electron chi connectivity index (χ1n) is 15.5. The molecule has 0 nitrogen and oxygen atoms in total. The third-order valence-electron chi connectivity index (χ3n) is 9.82. The van der Waals surface area contributed by atoms with Crippen molar-refractivity contribution in [3.63, 3.8) is 0 Å². The second kappa shape index (κ2) is 9.79. The Bertz CT molecular complexity index is 2020. The van der Waals surface area contributed by atoms with Crippen molar-refractivity contribution in [3.8, 4) is 0 Å². The standard InChI is InChI=1S/C42H36Si/c1-27-21-29-13-5-9-17-33(29)37(23-27)39-25-31-15-7-11-19-35(31)41(39)43(3,4)42-36-20-12-8-16-32(36)26-40(42)38-24-28(2)22-30-14-6-10-18-34(30)38/h5-24H,25-26H2,1-4H3. The fourth-order valence-corrected chi connectivity index (χ4v) is 12.2. The van der Waals surface area contributed by atoms with E-state index in [1.807, 2.05) is 0 Å². The maximum absolute atomic E-state index is 2.62. The van der Waals surface area contributed by atoms with Crippen molar-refractivity contribution in [1.29, 1.82) is 0 Å². The third kappa shape index (κ3) is 4.10. The van der Waals surface area contributed by atoms with Crippen LogP contribution in [0, 0.1) is 13.8 Å². The van der Waals surface area contributed by atoms with E-state index in [-0.39, 0.29) is 0 Å². The van der Waals surface area contributed by atoms with Gasteiger partial charge >= 0.3 is 0 Å². The molecule has 6 aromatic rings. The lowest BCUT2D eigenvalue weighted by molar-refractivity contribution is 1.32. The first kappa shape index (κ1) is 26.2. The van der Waals surface area contributed by atoms with Gasteiger partial charge in [0, 0.05) is 0 Å². The topological polar surface area (TPSA) is 0 Å². The number of fused-ring (bicyclic) bond motifs is 4. The van der Waals surface area contributed by atoms with Crippen molar-refractivity contribution in [2.24, 2.45) is 0 Å². The van der Waals surface area contributed by atoms with Crippen LogP contribution in [0.15, 0.2) is 121 Å². The van der Waals surface area contributed by atoms with Gasteiger partial charge in [-0.1, -0.05) is 134 Å². The highest BCUT2D eigenvalue weighted by Gasteiger charge is 2.42. The fourth-order valence-electron chi connectivity index (χ4n) is 8.15. The zero-order valence-electron chi connectivity index (χ0n) is 25.5. The molecule has 0 heterocycles. The Balaban J connectivity index is 1.47. The summed E-state index contributed by atoms with van der Waals surface area (Å²) in [6.07, 6.45) is 1.99. The van der Waals surface area contributed by atoms with E-state index in [0.29, 0.717) is 0 Å². The van der Waals surface area contributed by atoms with Gasteiger partial charge in [0.15, 0.2) is 0 Å². The first-order chi connectivity index (χ1) is 20.9. The second-order valence-corrected chi connectivity index (χ2v) is 17.3. The van der Waals surface area contributed by atoms with Gasteiger partial charge in [-0.05, 0) is 114 Å². The molecule has 43 heavy (non-hydrogen) atoms. The molecule has 0 saturated carbocycles. The van der Waals surface area contributed by atoms with Gasteiger partial charge in [-0.2, -0.15) is 0 Å². The van der Waals surface area contributed by atoms with Crippen molar-refractivity contribution >= 4 is 51.2 Å². The zero-order valence-corrected chi connectivity index (χ0v) is 26.5. The molecule has 0 radical (unpaired) electrons. The van der Waals surface area contributed by atoms with Crippen molar-refractivity contribution in [1.82, 2.24) is 0 Å². The maximum atomic E-state index is 2.62. The van der Waals surface area contributed by atoms with Gasteiger partial charge in [-0.25, -0.2) is 0 Å². The molecular weight excluding hydrogens is 533 g/mol. The number of hydrogen-bond acceptors (Lipinski definition) is 0. The van der Waals surface area contributed by atoms with Crippen LogP contribution in [0.25, 0.3) is 43.1 Å². The van der Waals surface area contributed by atoms with Gasteiger partial charge in [-0.15, -0.1) is 0 Å². The van der Waals surface area contributed by atoms with Gasteiger partial charge < -0.3 is 0 Å². The van der Waals surface area contributed by atoms with Crippen LogP contribution in [0.4, 0.5) is 0 Å². The van der Waals surface area contributed by atoms with Crippen LogP contribution >= 0.6 is 0 Å². The lowest BCUT2D eigenvalue weighted by Crippen LogP contribution is -2.31. The molecule has 1 heteroatoms. The lowest BCUT2D eigenvalue weighted by atomic mass is 9.95. The third-order valence-corrected chi connectivity index (χ3v) is 13.5. The summed E-state index contributed by atoms with van der Waals surface area (Å²) in [5, 5.41) is 8.61. The summed E-state index contributed by atoms with van der Waals surface area (Å²) in [5.41, 5.74) is 14.4. The van der Waals surface area contributed by atoms with E-state index in [2.05, 4.69) is 148 Å². The Morgan fingerprint density at radius 2 is 0.837 bits per heavy atom. The molecule has 0 saturated heterocycles. The Kier molecular flexibility index (Phi) is 5.96. The molecule has 0 amide bonds. The molecule has 0 atom stereocenters. The van der Waals surface area contributed by atoms with Crippen molar-refractivity contribution in [2.45, 2.75) is 39.8 Å².